The van der Waals surface area contributed by atoms with Crippen molar-refractivity contribution < 1.29 is 4.79 Å². The summed E-state index contributed by atoms with van der Waals surface area (Å²) < 4.78 is 0. The molecule has 1 aromatic carbocycles. The number of carbonyl (C=O) groups is 1. The van der Waals surface area contributed by atoms with E-state index in [0.29, 0.717) is 18.7 Å². The maximum atomic E-state index is 12.9. The van der Waals surface area contributed by atoms with Crippen LogP contribution in [-0.4, -0.2) is 54.4 Å². The van der Waals surface area contributed by atoms with Gasteiger partial charge in [0.15, 0.2) is 0 Å². The fourth-order valence-electron chi connectivity index (χ4n) is 2.53. The molecule has 0 aliphatic rings. The lowest BCUT2D eigenvalue weighted by molar-refractivity contribution is 0.0743. The van der Waals surface area contributed by atoms with Crippen molar-refractivity contribution in [1.29, 1.82) is 0 Å². The van der Waals surface area contributed by atoms with E-state index in [9.17, 15) is 4.79 Å². The predicted octanol–water partition coefficient (Wildman–Crippen LogP) is 4.03. The number of halogens is 2. The second-order valence-electron chi connectivity index (χ2n) is 6.19. The molecule has 0 aliphatic heterocycles. The SMILES string of the molecule is CN(C)CCN(CCCc1ccccc1)C(=O)c1cc(Cl)nc(Cl)c1. The number of pyridine rings is 1. The third-order valence-electron chi connectivity index (χ3n) is 3.85. The summed E-state index contributed by atoms with van der Waals surface area (Å²) in [5.74, 6) is -0.0684. The molecule has 0 radical (unpaired) electrons. The van der Waals surface area contributed by atoms with Crippen LogP contribution in [0.2, 0.25) is 10.3 Å². The fraction of sp³-hybridized carbons (Fsp3) is 0.368. The van der Waals surface area contributed by atoms with Crippen molar-refractivity contribution >= 4 is 29.1 Å². The highest BCUT2D eigenvalue weighted by Crippen LogP contribution is 2.17. The van der Waals surface area contributed by atoms with Gasteiger partial charge in [-0.05, 0) is 44.6 Å². The zero-order valence-electron chi connectivity index (χ0n) is 14.6. The lowest BCUT2D eigenvalue weighted by atomic mass is 10.1. The van der Waals surface area contributed by atoms with E-state index in [1.807, 2.05) is 37.2 Å². The van der Waals surface area contributed by atoms with Crippen molar-refractivity contribution in [1.82, 2.24) is 14.8 Å². The zero-order chi connectivity index (χ0) is 18.2. The molecule has 0 aliphatic carbocycles. The molecule has 1 heterocycles. The van der Waals surface area contributed by atoms with Crippen LogP contribution in [0.15, 0.2) is 42.5 Å². The van der Waals surface area contributed by atoms with Gasteiger partial charge in [-0.15, -0.1) is 0 Å². The lowest BCUT2D eigenvalue weighted by Gasteiger charge is -2.24. The van der Waals surface area contributed by atoms with Gasteiger partial charge in [0.25, 0.3) is 5.91 Å². The summed E-state index contributed by atoms with van der Waals surface area (Å²) in [6.07, 6.45) is 1.83. The van der Waals surface area contributed by atoms with Crippen LogP contribution in [0.4, 0.5) is 0 Å². The van der Waals surface area contributed by atoms with Crippen LogP contribution in [0.5, 0.6) is 0 Å². The van der Waals surface area contributed by atoms with Crippen LogP contribution in [0.25, 0.3) is 0 Å². The molecular formula is C19H23Cl2N3O. The second-order valence-corrected chi connectivity index (χ2v) is 6.96. The minimum Gasteiger partial charge on any atom is -0.337 e. The molecule has 25 heavy (non-hydrogen) atoms. The molecule has 2 aromatic rings. The number of hydrogen-bond donors (Lipinski definition) is 0. The van der Waals surface area contributed by atoms with Crippen LogP contribution in [0, 0.1) is 0 Å². The van der Waals surface area contributed by atoms with Crippen molar-refractivity contribution in [2.45, 2.75) is 12.8 Å². The summed E-state index contributed by atoms with van der Waals surface area (Å²) in [5, 5.41) is 0.459. The normalized spacial score (nSPS) is 10.9. The third kappa shape index (κ3) is 6.65. The maximum absolute atomic E-state index is 12.9. The van der Waals surface area contributed by atoms with Gasteiger partial charge in [0.05, 0.1) is 0 Å². The van der Waals surface area contributed by atoms with Crippen molar-refractivity contribution in [2.75, 3.05) is 33.7 Å². The van der Waals surface area contributed by atoms with E-state index >= 15 is 0 Å². The summed E-state index contributed by atoms with van der Waals surface area (Å²) in [4.78, 5) is 20.7. The van der Waals surface area contributed by atoms with Gasteiger partial charge in [-0.2, -0.15) is 0 Å². The van der Waals surface area contributed by atoms with Crippen LogP contribution >= 0.6 is 23.2 Å². The summed E-state index contributed by atoms with van der Waals surface area (Å²) in [6, 6.07) is 13.4. The Morgan fingerprint density at radius 2 is 1.64 bits per heavy atom. The van der Waals surface area contributed by atoms with E-state index in [2.05, 4.69) is 22.0 Å². The van der Waals surface area contributed by atoms with E-state index in [4.69, 9.17) is 23.2 Å². The Morgan fingerprint density at radius 3 is 2.24 bits per heavy atom. The minimum absolute atomic E-state index is 0.0684. The standard InChI is InChI=1S/C19H23Cl2N3O/c1-23(2)11-12-24(10-6-9-15-7-4-3-5-8-15)19(25)16-13-17(20)22-18(21)14-16/h3-5,7-8,13-14H,6,9-12H2,1-2H3. The Bertz CT molecular complexity index is 672. The number of nitrogens with zero attached hydrogens (tertiary/aromatic N) is 3. The van der Waals surface area contributed by atoms with Crippen molar-refractivity contribution in [3.8, 4) is 0 Å². The van der Waals surface area contributed by atoms with E-state index in [-0.39, 0.29) is 16.2 Å². The van der Waals surface area contributed by atoms with Crippen LogP contribution < -0.4 is 0 Å². The van der Waals surface area contributed by atoms with Gasteiger partial charge in [0.2, 0.25) is 0 Å². The number of rotatable bonds is 8. The van der Waals surface area contributed by atoms with Crippen LogP contribution in [0.1, 0.15) is 22.3 Å². The molecule has 0 N–H and O–H groups in total. The molecule has 0 fully saturated rings. The summed E-state index contributed by atoms with van der Waals surface area (Å²) in [5.41, 5.74) is 1.75. The number of likely N-dealkylation sites (N-methyl/N-ethyl adjacent to an activating group) is 1. The highest BCUT2D eigenvalue weighted by Gasteiger charge is 2.17. The van der Waals surface area contributed by atoms with Gasteiger partial charge in [-0.25, -0.2) is 4.98 Å². The molecule has 0 unspecified atom stereocenters. The van der Waals surface area contributed by atoms with E-state index < -0.39 is 0 Å². The molecule has 2 rings (SSSR count). The zero-order valence-corrected chi connectivity index (χ0v) is 16.1. The van der Waals surface area contributed by atoms with Gasteiger partial charge in [0.1, 0.15) is 10.3 Å². The molecule has 0 spiro atoms. The van der Waals surface area contributed by atoms with Crippen molar-refractivity contribution in [3.63, 3.8) is 0 Å². The predicted molar refractivity (Wildman–Crippen MR) is 103 cm³/mol. The first-order chi connectivity index (χ1) is 12.0. The molecule has 0 saturated heterocycles. The smallest absolute Gasteiger partial charge is 0.254 e. The average Bonchev–Trinajstić information content (AvgIpc) is 2.57. The quantitative estimate of drug-likeness (QED) is 0.649. The Kier molecular flexibility index (Phi) is 7.69. The first-order valence-electron chi connectivity index (χ1n) is 8.26. The fourth-order valence-corrected chi connectivity index (χ4v) is 2.99. The van der Waals surface area contributed by atoms with E-state index in [1.165, 1.54) is 5.56 Å². The maximum Gasteiger partial charge on any atom is 0.254 e. The van der Waals surface area contributed by atoms with Crippen molar-refractivity contribution in [3.05, 3.63) is 63.9 Å². The number of aromatic nitrogens is 1. The molecule has 0 atom stereocenters. The first-order valence-corrected chi connectivity index (χ1v) is 9.02. The summed E-state index contributed by atoms with van der Waals surface area (Å²) in [6.45, 7) is 2.13. The number of carbonyl (C=O) groups excluding carboxylic acids is 1. The van der Waals surface area contributed by atoms with Gasteiger partial charge >= 0.3 is 0 Å². The van der Waals surface area contributed by atoms with Crippen molar-refractivity contribution in [2.24, 2.45) is 0 Å². The number of aryl methyl sites for hydroxylation is 1. The monoisotopic (exact) mass is 379 g/mol. The van der Waals surface area contributed by atoms with Crippen LogP contribution in [0.3, 0.4) is 0 Å². The van der Waals surface area contributed by atoms with Crippen LogP contribution in [-0.2, 0) is 6.42 Å². The number of hydrogen-bond acceptors (Lipinski definition) is 3. The summed E-state index contributed by atoms with van der Waals surface area (Å²) in [7, 11) is 3.99. The molecule has 1 amide bonds. The Hall–Kier alpha value is -1.62. The molecule has 6 heteroatoms. The minimum atomic E-state index is -0.0684. The molecule has 4 nitrogen and oxygen atoms in total. The largest absolute Gasteiger partial charge is 0.337 e. The Morgan fingerprint density at radius 1 is 1.00 bits per heavy atom. The summed E-state index contributed by atoms with van der Waals surface area (Å²) >= 11 is 11.9. The highest BCUT2D eigenvalue weighted by atomic mass is 35.5. The highest BCUT2D eigenvalue weighted by molar-refractivity contribution is 6.33. The molecule has 0 bridgehead atoms. The molecular weight excluding hydrogens is 357 g/mol. The average molecular weight is 380 g/mol. The molecule has 134 valence electrons. The Balaban J connectivity index is 2.04. The topological polar surface area (TPSA) is 36.4 Å². The molecule has 0 saturated carbocycles. The van der Waals surface area contributed by atoms with Gasteiger partial charge < -0.3 is 9.80 Å². The molecule has 1 aromatic heterocycles. The van der Waals surface area contributed by atoms with Gasteiger partial charge in [0, 0.05) is 25.2 Å². The number of amides is 1. The first kappa shape index (κ1) is 19.7. The Labute approximate surface area is 159 Å². The number of benzene rings is 1. The second kappa shape index (κ2) is 9.76. The lowest BCUT2D eigenvalue weighted by Crippen LogP contribution is -2.37. The third-order valence-corrected chi connectivity index (χ3v) is 4.24. The van der Waals surface area contributed by atoms with E-state index in [1.54, 1.807) is 12.1 Å². The van der Waals surface area contributed by atoms with E-state index in [0.717, 1.165) is 19.4 Å². The van der Waals surface area contributed by atoms with Gasteiger partial charge in [-0.1, -0.05) is 53.5 Å². The van der Waals surface area contributed by atoms with Gasteiger partial charge in [-0.3, -0.25) is 4.79 Å².